The van der Waals surface area contributed by atoms with E-state index in [9.17, 15) is 29.4 Å². The molecule has 0 unspecified atom stereocenters. The van der Waals surface area contributed by atoms with Crippen LogP contribution in [0.4, 0.5) is 17.1 Å². The van der Waals surface area contributed by atoms with E-state index >= 15 is 0 Å². The number of aliphatic hydroxyl groups is 2. The van der Waals surface area contributed by atoms with Gasteiger partial charge in [-0.2, -0.15) is 10.2 Å². The van der Waals surface area contributed by atoms with E-state index in [-0.39, 0.29) is 49.8 Å². The number of carbonyl (C=O) groups is 4. The number of hydrogen-bond acceptors (Lipinski definition) is 8. The van der Waals surface area contributed by atoms with Crippen molar-refractivity contribution in [3.05, 3.63) is 173 Å². The van der Waals surface area contributed by atoms with E-state index in [4.69, 9.17) is 10.2 Å². The standard InChI is InChI=1S/C51H48N6O6/c1-34(12-10-21-47(59)54-32-39-19-9-8-18-38(39)29-42(54)33-58)51(63)43-30-41(57-49(61)27-24-45(53-57)37-16-6-3-7-17-37)22-25-46(43)55(50(51)62)31-35-13-11-20-40(28-35)56-48(60)26-23-44(52-56)36-14-4-2-5-15-36/h2-20,22,25,28,30,34,42,58,63H,21,23-24,26-27,29,31-33H2,1H3/b12-10+/t34-,42+,51+/m1/s1. The summed E-state index contributed by atoms with van der Waals surface area (Å²) < 4.78 is 0. The van der Waals surface area contributed by atoms with Crippen LogP contribution in [0, 0.1) is 5.92 Å². The predicted octanol–water partition coefficient (Wildman–Crippen LogP) is 7.01. The molecular formula is C51H48N6O6. The van der Waals surface area contributed by atoms with Gasteiger partial charge >= 0.3 is 0 Å². The van der Waals surface area contributed by atoms with Crippen LogP contribution in [-0.2, 0) is 44.3 Å². The molecule has 0 fully saturated rings. The Hall–Kier alpha value is -7.02. The van der Waals surface area contributed by atoms with Crippen LogP contribution in [0.25, 0.3) is 0 Å². The number of aliphatic hydroxyl groups excluding tert-OH is 1. The normalized spacial score (nSPS) is 20.4. The molecular weight excluding hydrogens is 793 g/mol. The SMILES string of the molecule is C[C@H](/C=C/CC(=O)N1Cc2ccccc2C[C@H]1CO)[C@@]1(O)C(=O)N(Cc2cccc(N3N=C(c4ccccc4)CCC3=O)c2)c2ccc(N3N=C(c4ccccc4)CCC3=O)cc21. The summed E-state index contributed by atoms with van der Waals surface area (Å²) in [4.78, 5) is 58.4. The lowest BCUT2D eigenvalue weighted by Crippen LogP contribution is -2.46. The zero-order chi connectivity index (χ0) is 43.7. The van der Waals surface area contributed by atoms with Crippen LogP contribution in [0.3, 0.4) is 0 Å². The molecule has 3 atom stereocenters. The van der Waals surface area contributed by atoms with Gasteiger partial charge in [0, 0.05) is 50.1 Å². The Morgan fingerprint density at radius 1 is 0.746 bits per heavy atom. The molecule has 4 aliphatic rings. The van der Waals surface area contributed by atoms with E-state index in [1.54, 1.807) is 48.2 Å². The van der Waals surface area contributed by atoms with E-state index in [0.717, 1.165) is 33.7 Å². The lowest BCUT2D eigenvalue weighted by molar-refractivity contribution is -0.139. The molecule has 5 aromatic rings. The van der Waals surface area contributed by atoms with E-state index in [1.807, 2.05) is 103 Å². The number of amides is 4. The molecule has 0 radical (unpaired) electrons. The van der Waals surface area contributed by atoms with Gasteiger partial charge in [-0.15, -0.1) is 0 Å². The maximum absolute atomic E-state index is 14.8. The molecule has 318 valence electrons. The molecule has 0 aliphatic carbocycles. The Kier molecular flexibility index (Phi) is 11.4. The van der Waals surface area contributed by atoms with Crippen LogP contribution in [-0.4, -0.2) is 62.8 Å². The minimum atomic E-state index is -2.09. The average molecular weight is 841 g/mol. The highest BCUT2D eigenvalue weighted by atomic mass is 16.3. The Morgan fingerprint density at radius 3 is 1.98 bits per heavy atom. The smallest absolute Gasteiger partial charge is 0.264 e. The van der Waals surface area contributed by atoms with Gasteiger partial charge < -0.3 is 20.0 Å². The highest BCUT2D eigenvalue weighted by Crippen LogP contribution is 2.48. The van der Waals surface area contributed by atoms with Crippen molar-refractivity contribution in [3.63, 3.8) is 0 Å². The average Bonchev–Trinajstić information content (AvgIpc) is 3.53. The van der Waals surface area contributed by atoms with Gasteiger partial charge in [0.1, 0.15) is 0 Å². The summed E-state index contributed by atoms with van der Waals surface area (Å²) in [5, 5.41) is 35.2. The van der Waals surface area contributed by atoms with Gasteiger partial charge in [0.25, 0.3) is 5.91 Å². The highest BCUT2D eigenvalue weighted by Gasteiger charge is 2.53. The van der Waals surface area contributed by atoms with E-state index < -0.39 is 17.4 Å². The Morgan fingerprint density at radius 2 is 1.35 bits per heavy atom. The summed E-state index contributed by atoms with van der Waals surface area (Å²) in [5.41, 5.74) is 5.87. The van der Waals surface area contributed by atoms with Crippen LogP contribution >= 0.6 is 0 Å². The molecule has 12 heteroatoms. The molecule has 0 aromatic heterocycles. The Labute approximate surface area is 366 Å². The molecule has 9 rings (SSSR count). The zero-order valence-electron chi connectivity index (χ0n) is 35.0. The summed E-state index contributed by atoms with van der Waals surface area (Å²) in [7, 11) is 0. The first-order chi connectivity index (χ1) is 30.6. The van der Waals surface area contributed by atoms with Crippen molar-refractivity contribution in [1.82, 2.24) is 4.90 Å². The van der Waals surface area contributed by atoms with Gasteiger partial charge in [-0.3, -0.25) is 19.2 Å². The summed E-state index contributed by atoms with van der Waals surface area (Å²) >= 11 is 0. The van der Waals surface area contributed by atoms with Crippen LogP contribution < -0.4 is 14.9 Å². The van der Waals surface area contributed by atoms with Gasteiger partial charge in [0.15, 0.2) is 5.60 Å². The fraction of sp³-hybridized carbons (Fsp3) is 0.255. The molecule has 0 spiro atoms. The lowest BCUT2D eigenvalue weighted by Gasteiger charge is -2.36. The topological polar surface area (TPSA) is 146 Å². The molecule has 4 aliphatic heterocycles. The monoisotopic (exact) mass is 840 g/mol. The summed E-state index contributed by atoms with van der Waals surface area (Å²) in [6, 6.07) is 39.4. The van der Waals surface area contributed by atoms with Crippen LogP contribution in [0.1, 0.15) is 72.4 Å². The minimum absolute atomic E-state index is 0.000370. The summed E-state index contributed by atoms with van der Waals surface area (Å²) in [6.45, 7) is 2.01. The number of nitrogens with zero attached hydrogens (tertiary/aromatic N) is 6. The molecule has 4 amide bonds. The third-order valence-electron chi connectivity index (χ3n) is 12.5. The van der Waals surface area contributed by atoms with E-state index in [1.165, 1.54) is 14.9 Å². The number of carbonyl (C=O) groups excluding carboxylic acids is 4. The second-order valence-electron chi connectivity index (χ2n) is 16.5. The quantitative estimate of drug-likeness (QED) is 0.137. The summed E-state index contributed by atoms with van der Waals surface area (Å²) in [5.74, 6) is -1.93. The van der Waals surface area contributed by atoms with Gasteiger partial charge in [-0.1, -0.05) is 116 Å². The van der Waals surface area contributed by atoms with Gasteiger partial charge in [0.05, 0.1) is 47.7 Å². The van der Waals surface area contributed by atoms with Crippen LogP contribution in [0.2, 0.25) is 0 Å². The largest absolute Gasteiger partial charge is 0.394 e. The van der Waals surface area contributed by atoms with Gasteiger partial charge in [-0.25, -0.2) is 10.0 Å². The zero-order valence-corrected chi connectivity index (χ0v) is 35.0. The number of anilines is 3. The fourth-order valence-electron chi connectivity index (χ4n) is 9.05. The maximum atomic E-state index is 14.8. The van der Waals surface area contributed by atoms with Crippen molar-refractivity contribution < 1.29 is 29.4 Å². The molecule has 0 saturated heterocycles. The van der Waals surface area contributed by atoms with Crippen molar-refractivity contribution in [2.24, 2.45) is 16.1 Å². The molecule has 0 saturated carbocycles. The second-order valence-corrected chi connectivity index (χ2v) is 16.5. The maximum Gasteiger partial charge on any atom is 0.264 e. The third-order valence-corrected chi connectivity index (χ3v) is 12.5. The van der Waals surface area contributed by atoms with E-state index in [2.05, 4.69) is 0 Å². The van der Waals surface area contributed by atoms with Crippen molar-refractivity contribution in [3.8, 4) is 0 Å². The molecule has 0 bridgehead atoms. The van der Waals surface area contributed by atoms with Crippen LogP contribution in [0.5, 0.6) is 0 Å². The number of hydrogen-bond donors (Lipinski definition) is 2. The molecule has 2 N–H and O–H groups in total. The highest BCUT2D eigenvalue weighted by molar-refractivity contribution is 6.11. The minimum Gasteiger partial charge on any atom is -0.394 e. The molecule has 63 heavy (non-hydrogen) atoms. The Bertz CT molecular complexity index is 2680. The first kappa shape index (κ1) is 41.3. The first-order valence-corrected chi connectivity index (χ1v) is 21.5. The summed E-state index contributed by atoms with van der Waals surface area (Å²) in [6.07, 6.45) is 5.45. The van der Waals surface area contributed by atoms with Gasteiger partial charge in [-0.05, 0) is 64.6 Å². The van der Waals surface area contributed by atoms with Crippen molar-refractivity contribution >= 4 is 52.1 Å². The molecule has 12 nitrogen and oxygen atoms in total. The van der Waals surface area contributed by atoms with Crippen molar-refractivity contribution in [2.45, 2.75) is 70.2 Å². The van der Waals surface area contributed by atoms with Crippen molar-refractivity contribution in [2.75, 3.05) is 21.5 Å². The first-order valence-electron chi connectivity index (χ1n) is 21.5. The molecule has 5 aromatic carbocycles. The second kappa shape index (κ2) is 17.4. The number of hydrazone groups is 2. The number of fused-ring (bicyclic) bond motifs is 2. The van der Waals surface area contributed by atoms with Crippen molar-refractivity contribution in [1.29, 1.82) is 0 Å². The lowest BCUT2D eigenvalue weighted by atomic mass is 9.82. The predicted molar refractivity (Wildman–Crippen MR) is 242 cm³/mol. The number of rotatable bonds is 11. The third kappa shape index (κ3) is 7.99. The van der Waals surface area contributed by atoms with E-state index in [0.29, 0.717) is 60.4 Å². The van der Waals surface area contributed by atoms with Crippen LogP contribution in [0.15, 0.2) is 150 Å². The van der Waals surface area contributed by atoms with Gasteiger partial charge in [0.2, 0.25) is 17.7 Å². The number of benzene rings is 5. The Balaban J connectivity index is 1.03. The molecule has 4 heterocycles. The fourth-order valence-corrected chi connectivity index (χ4v) is 9.05.